The molecule has 14 heavy (non-hydrogen) atoms. The highest BCUT2D eigenvalue weighted by molar-refractivity contribution is 6.44. The Hall–Kier alpha value is -0.800. The van der Waals surface area contributed by atoms with E-state index in [0.717, 1.165) is 0 Å². The van der Waals surface area contributed by atoms with Gasteiger partial charge in [0.2, 0.25) is 5.78 Å². The molecule has 0 fully saturated rings. The molecular weight excluding hydrogens is 204 g/mol. The second-order valence-corrected chi connectivity index (χ2v) is 4.00. The van der Waals surface area contributed by atoms with Gasteiger partial charge in [0, 0.05) is 13.0 Å². The molecule has 2 bridgehead atoms. The summed E-state index contributed by atoms with van der Waals surface area (Å²) < 4.78 is 5.21. The molecule has 3 nitrogen and oxygen atoms in total. The molecule has 0 aromatic rings. The molecule has 0 aromatic carbocycles. The number of carbonyl (C=O) groups is 1. The van der Waals surface area contributed by atoms with Crippen LogP contribution in [0.3, 0.4) is 0 Å². The number of carbonyl (C=O) groups excluding carboxylic acids is 1. The molecule has 0 unspecified atom stereocenters. The van der Waals surface area contributed by atoms with Crippen molar-refractivity contribution in [3.05, 3.63) is 22.9 Å². The van der Waals surface area contributed by atoms with E-state index in [9.17, 15) is 9.90 Å². The molecule has 0 spiro atoms. The summed E-state index contributed by atoms with van der Waals surface area (Å²) in [6, 6.07) is 0. The summed E-state index contributed by atoms with van der Waals surface area (Å²) in [7, 11) is 1.48. The Bertz CT molecular complexity index is 345. The maximum atomic E-state index is 11.8. The first-order valence-electron chi connectivity index (χ1n) is 4.48. The first-order valence-corrected chi connectivity index (χ1v) is 4.86. The zero-order valence-electron chi connectivity index (χ0n) is 7.79. The number of methoxy groups -OCH3 is 1. The number of halogens is 1. The predicted octanol–water partition coefficient (Wildman–Crippen LogP) is 1.93. The third-order valence-electron chi connectivity index (χ3n) is 2.95. The number of fused-ring (bicyclic) bond motifs is 2. The van der Waals surface area contributed by atoms with Gasteiger partial charge in [0.25, 0.3) is 0 Å². The van der Waals surface area contributed by atoms with Crippen LogP contribution in [0.25, 0.3) is 0 Å². The van der Waals surface area contributed by atoms with Crippen molar-refractivity contribution >= 4 is 17.4 Å². The van der Waals surface area contributed by atoms with Crippen molar-refractivity contribution in [3.8, 4) is 0 Å². The molecule has 76 valence electrons. The molecule has 0 saturated carbocycles. The second kappa shape index (κ2) is 3.11. The molecule has 4 heteroatoms. The van der Waals surface area contributed by atoms with Crippen LogP contribution in [0, 0.1) is 5.92 Å². The van der Waals surface area contributed by atoms with Gasteiger partial charge in [0.1, 0.15) is 16.4 Å². The summed E-state index contributed by atoms with van der Waals surface area (Å²) >= 11 is 5.78. The minimum Gasteiger partial charge on any atom is -0.510 e. The standard InChI is InChI=1S/C10H11ClO3/c1-14-10-4-2-6(3-5-10)8(12)7(11)9(10)13/h2,4,6,12H,3,5H2,1H3/t6-,10-/m0/s1. The van der Waals surface area contributed by atoms with Crippen LogP contribution < -0.4 is 0 Å². The van der Waals surface area contributed by atoms with Crippen LogP contribution in [0.5, 0.6) is 0 Å². The maximum Gasteiger partial charge on any atom is 0.213 e. The fraction of sp³-hybridized carbons (Fsp3) is 0.500. The first kappa shape index (κ1) is 9.74. The van der Waals surface area contributed by atoms with Crippen LogP contribution in [0.1, 0.15) is 12.8 Å². The van der Waals surface area contributed by atoms with Crippen molar-refractivity contribution in [2.24, 2.45) is 5.92 Å². The molecule has 0 aromatic heterocycles. The third kappa shape index (κ3) is 1.12. The van der Waals surface area contributed by atoms with Gasteiger partial charge in [-0.3, -0.25) is 4.79 Å². The zero-order chi connectivity index (χ0) is 10.3. The highest BCUT2D eigenvalue weighted by Crippen LogP contribution is 2.40. The van der Waals surface area contributed by atoms with Crippen LogP contribution in [0.4, 0.5) is 0 Å². The lowest BCUT2D eigenvalue weighted by molar-refractivity contribution is -0.131. The van der Waals surface area contributed by atoms with Gasteiger partial charge in [0.15, 0.2) is 0 Å². The van der Waals surface area contributed by atoms with E-state index in [2.05, 4.69) is 0 Å². The SMILES string of the molecule is CO[C@@]12C=C[C@@H](CC1)C(O)=C(Cl)C2=O. The number of allylic oxidation sites excluding steroid dienone is 1. The summed E-state index contributed by atoms with van der Waals surface area (Å²) in [6.45, 7) is 0. The Morgan fingerprint density at radius 2 is 2.43 bits per heavy atom. The van der Waals surface area contributed by atoms with Gasteiger partial charge < -0.3 is 9.84 Å². The van der Waals surface area contributed by atoms with E-state index < -0.39 is 5.60 Å². The third-order valence-corrected chi connectivity index (χ3v) is 3.31. The minimum atomic E-state index is -0.946. The summed E-state index contributed by atoms with van der Waals surface area (Å²) in [6.07, 6.45) is 4.76. The van der Waals surface area contributed by atoms with Gasteiger partial charge in [0.05, 0.1) is 0 Å². The Morgan fingerprint density at radius 3 is 2.93 bits per heavy atom. The van der Waals surface area contributed by atoms with Crippen LogP contribution in [0.15, 0.2) is 22.9 Å². The number of hydrogen-bond acceptors (Lipinski definition) is 3. The van der Waals surface area contributed by atoms with Gasteiger partial charge in [-0.2, -0.15) is 0 Å². The quantitative estimate of drug-likeness (QED) is 0.679. The van der Waals surface area contributed by atoms with Crippen LogP contribution in [-0.4, -0.2) is 23.6 Å². The van der Waals surface area contributed by atoms with E-state index in [1.165, 1.54) is 7.11 Å². The molecule has 0 aliphatic heterocycles. The molecule has 0 amide bonds. The monoisotopic (exact) mass is 214 g/mol. The molecule has 3 aliphatic rings. The lowest BCUT2D eigenvalue weighted by atomic mass is 9.85. The number of aliphatic hydroxyl groups excluding tert-OH is 1. The van der Waals surface area contributed by atoms with Gasteiger partial charge >= 0.3 is 0 Å². The molecule has 0 saturated heterocycles. The van der Waals surface area contributed by atoms with Gasteiger partial charge in [-0.1, -0.05) is 17.7 Å². The zero-order valence-corrected chi connectivity index (χ0v) is 8.54. The lowest BCUT2D eigenvalue weighted by Gasteiger charge is -2.28. The van der Waals surface area contributed by atoms with Gasteiger partial charge in [-0.15, -0.1) is 0 Å². The predicted molar refractivity (Wildman–Crippen MR) is 52.1 cm³/mol. The molecule has 3 rings (SSSR count). The molecule has 0 heterocycles. The van der Waals surface area contributed by atoms with Gasteiger partial charge in [-0.25, -0.2) is 0 Å². The number of aliphatic hydroxyl groups is 1. The maximum absolute atomic E-state index is 11.8. The van der Waals surface area contributed by atoms with Crippen molar-refractivity contribution in [2.75, 3.05) is 7.11 Å². The highest BCUT2D eigenvalue weighted by atomic mass is 35.5. The Kier molecular flexibility index (Phi) is 2.16. The Balaban J connectivity index is 2.55. The Labute approximate surface area is 87.0 Å². The van der Waals surface area contributed by atoms with Crippen molar-refractivity contribution in [1.82, 2.24) is 0 Å². The van der Waals surface area contributed by atoms with Gasteiger partial charge in [-0.05, 0) is 18.9 Å². The summed E-state index contributed by atoms with van der Waals surface area (Å²) in [5.41, 5.74) is -0.946. The first-order chi connectivity index (χ1) is 6.60. The minimum absolute atomic E-state index is 0.0238. The number of ketones is 1. The topological polar surface area (TPSA) is 46.5 Å². The van der Waals surface area contributed by atoms with E-state index in [1.54, 1.807) is 12.2 Å². The lowest BCUT2D eigenvalue weighted by Crippen LogP contribution is -2.39. The van der Waals surface area contributed by atoms with E-state index in [0.29, 0.717) is 12.8 Å². The number of rotatable bonds is 1. The molecular formula is C10H11ClO3. The van der Waals surface area contributed by atoms with E-state index >= 15 is 0 Å². The van der Waals surface area contributed by atoms with Crippen molar-refractivity contribution in [3.63, 3.8) is 0 Å². The second-order valence-electron chi connectivity index (χ2n) is 3.63. The molecule has 2 atom stereocenters. The van der Waals surface area contributed by atoms with Crippen molar-refractivity contribution in [1.29, 1.82) is 0 Å². The van der Waals surface area contributed by atoms with Crippen molar-refractivity contribution < 1.29 is 14.6 Å². The normalized spacial score (nSPS) is 36.4. The summed E-state index contributed by atoms with van der Waals surface area (Å²) in [5.74, 6) is -0.489. The van der Waals surface area contributed by atoms with E-state index in [-0.39, 0.29) is 22.5 Å². The van der Waals surface area contributed by atoms with Crippen LogP contribution in [-0.2, 0) is 9.53 Å². The average molecular weight is 215 g/mol. The number of ether oxygens (including phenoxy) is 1. The summed E-state index contributed by atoms with van der Waals surface area (Å²) in [4.78, 5) is 11.8. The largest absolute Gasteiger partial charge is 0.510 e. The fourth-order valence-corrected chi connectivity index (χ4v) is 2.27. The molecule has 1 N–H and O–H groups in total. The van der Waals surface area contributed by atoms with Crippen LogP contribution >= 0.6 is 11.6 Å². The van der Waals surface area contributed by atoms with E-state index in [4.69, 9.17) is 16.3 Å². The molecule has 0 radical (unpaired) electrons. The number of Topliss-reactive ketones (excluding diaryl/α,β-unsaturated/α-hetero) is 1. The molecule has 3 aliphatic carbocycles. The smallest absolute Gasteiger partial charge is 0.213 e. The summed E-state index contributed by atoms with van der Waals surface area (Å²) in [5, 5.41) is 9.56. The fourth-order valence-electron chi connectivity index (χ4n) is 1.97. The van der Waals surface area contributed by atoms with Crippen LogP contribution in [0.2, 0.25) is 0 Å². The average Bonchev–Trinajstić information content (AvgIpc) is 2.38. The van der Waals surface area contributed by atoms with E-state index in [1.807, 2.05) is 0 Å². The number of hydrogen-bond donors (Lipinski definition) is 1. The highest BCUT2D eigenvalue weighted by Gasteiger charge is 2.45. The Morgan fingerprint density at radius 1 is 1.71 bits per heavy atom. The van der Waals surface area contributed by atoms with Crippen molar-refractivity contribution in [2.45, 2.75) is 18.4 Å².